The van der Waals surface area contributed by atoms with Crippen LogP contribution in [0.3, 0.4) is 0 Å². The molecule has 0 atom stereocenters. The van der Waals surface area contributed by atoms with Crippen molar-refractivity contribution in [3.63, 3.8) is 0 Å². The summed E-state index contributed by atoms with van der Waals surface area (Å²) in [5.41, 5.74) is 2.73. The summed E-state index contributed by atoms with van der Waals surface area (Å²) in [5.74, 6) is 5.35. The number of nitrogens with one attached hydrogen (secondary N) is 1. The van der Waals surface area contributed by atoms with Gasteiger partial charge in [-0.1, -0.05) is 0 Å². The number of anilines is 1. The van der Waals surface area contributed by atoms with Crippen molar-refractivity contribution >= 4 is 15.7 Å². The van der Waals surface area contributed by atoms with Crippen molar-refractivity contribution in [3.8, 4) is 0 Å². The maximum Gasteiger partial charge on any atom is 0.246 e. The molecule has 0 amide bonds. The Hall–Kier alpha value is -1.22. The molecule has 1 aliphatic rings. The molecule has 106 valence electrons. The second-order valence-electron chi connectivity index (χ2n) is 4.38. The van der Waals surface area contributed by atoms with Gasteiger partial charge in [0.15, 0.2) is 0 Å². The number of hydrogen-bond donors (Lipinski definition) is 2. The van der Waals surface area contributed by atoms with Crippen LogP contribution in [0, 0.1) is 0 Å². The third-order valence-electron chi connectivity index (χ3n) is 3.30. The number of hydrogen-bond acceptors (Lipinski definition) is 6. The van der Waals surface area contributed by atoms with Crippen molar-refractivity contribution in [2.45, 2.75) is 23.8 Å². The molecule has 0 aliphatic carbocycles. The monoisotopic (exact) mass is 286 g/mol. The van der Waals surface area contributed by atoms with Crippen molar-refractivity contribution in [2.24, 2.45) is 5.84 Å². The standard InChI is InChI=1S/C11H18N4O3S/c1-15(9-3-6-18-7-4-9)19(16,17)11-8-13-5-2-10(11)14-12/h2,5,8-9H,3-4,6-7,12H2,1H3,(H,13,14). The molecule has 1 aliphatic heterocycles. The molecule has 1 aromatic heterocycles. The molecule has 2 heterocycles. The summed E-state index contributed by atoms with van der Waals surface area (Å²) in [6.45, 7) is 1.17. The van der Waals surface area contributed by atoms with E-state index in [1.807, 2.05) is 0 Å². The van der Waals surface area contributed by atoms with Gasteiger partial charge in [-0.05, 0) is 18.9 Å². The Balaban J connectivity index is 2.30. The molecular weight excluding hydrogens is 268 g/mol. The van der Waals surface area contributed by atoms with Gasteiger partial charge in [-0.25, -0.2) is 8.42 Å². The van der Waals surface area contributed by atoms with Crippen LogP contribution in [0.1, 0.15) is 12.8 Å². The quantitative estimate of drug-likeness (QED) is 0.605. The Kier molecular flexibility index (Phi) is 4.35. The summed E-state index contributed by atoms with van der Waals surface area (Å²) in [6, 6.07) is 1.48. The predicted octanol–water partition coefficient (Wildman–Crippen LogP) is 0.167. The zero-order valence-corrected chi connectivity index (χ0v) is 11.6. The second-order valence-corrected chi connectivity index (χ2v) is 6.35. The maximum atomic E-state index is 12.6. The summed E-state index contributed by atoms with van der Waals surface area (Å²) in [7, 11) is -2.03. The fourth-order valence-corrected chi connectivity index (χ4v) is 3.62. The minimum Gasteiger partial charge on any atom is -0.381 e. The summed E-state index contributed by atoms with van der Waals surface area (Å²) < 4.78 is 31.8. The van der Waals surface area contributed by atoms with Gasteiger partial charge in [0, 0.05) is 38.7 Å². The van der Waals surface area contributed by atoms with Crippen molar-refractivity contribution in [2.75, 3.05) is 25.7 Å². The van der Waals surface area contributed by atoms with Gasteiger partial charge in [0.1, 0.15) is 4.90 Å². The normalized spacial score (nSPS) is 17.6. The van der Waals surface area contributed by atoms with Crippen LogP contribution in [0.25, 0.3) is 0 Å². The SMILES string of the molecule is CN(C1CCOCC1)S(=O)(=O)c1cnccc1NN. The van der Waals surface area contributed by atoms with E-state index in [-0.39, 0.29) is 10.9 Å². The fourth-order valence-electron chi connectivity index (χ4n) is 2.10. The lowest BCUT2D eigenvalue weighted by Gasteiger charge is -2.30. The van der Waals surface area contributed by atoms with E-state index in [1.54, 1.807) is 7.05 Å². The van der Waals surface area contributed by atoms with E-state index in [1.165, 1.54) is 22.8 Å². The van der Waals surface area contributed by atoms with Crippen molar-refractivity contribution < 1.29 is 13.2 Å². The molecule has 0 spiro atoms. The topological polar surface area (TPSA) is 97.5 Å². The van der Waals surface area contributed by atoms with Crippen LogP contribution in [-0.2, 0) is 14.8 Å². The molecule has 8 heteroatoms. The van der Waals surface area contributed by atoms with E-state index in [0.717, 1.165) is 0 Å². The molecular formula is C11H18N4O3S. The zero-order chi connectivity index (χ0) is 13.9. The highest BCUT2D eigenvalue weighted by Gasteiger charge is 2.31. The second kappa shape index (κ2) is 5.83. The Labute approximate surface area is 112 Å². The highest BCUT2D eigenvalue weighted by molar-refractivity contribution is 7.89. The fraction of sp³-hybridized carbons (Fsp3) is 0.545. The van der Waals surface area contributed by atoms with Crippen molar-refractivity contribution in [3.05, 3.63) is 18.5 Å². The van der Waals surface area contributed by atoms with Crippen LogP contribution < -0.4 is 11.3 Å². The van der Waals surface area contributed by atoms with Crippen molar-refractivity contribution in [1.29, 1.82) is 0 Å². The van der Waals surface area contributed by atoms with Gasteiger partial charge in [0.25, 0.3) is 0 Å². The first-order valence-corrected chi connectivity index (χ1v) is 7.48. The number of rotatable bonds is 4. The van der Waals surface area contributed by atoms with E-state index in [4.69, 9.17) is 10.6 Å². The van der Waals surface area contributed by atoms with Gasteiger partial charge < -0.3 is 10.2 Å². The molecule has 0 unspecified atom stereocenters. The third-order valence-corrected chi connectivity index (χ3v) is 5.24. The first-order chi connectivity index (χ1) is 9.07. The average molecular weight is 286 g/mol. The van der Waals surface area contributed by atoms with Gasteiger partial charge >= 0.3 is 0 Å². The molecule has 0 radical (unpaired) electrons. The minimum absolute atomic E-state index is 0.0513. The van der Waals surface area contributed by atoms with E-state index >= 15 is 0 Å². The number of pyridine rings is 1. The summed E-state index contributed by atoms with van der Waals surface area (Å²) >= 11 is 0. The molecule has 1 fully saturated rings. The van der Waals surface area contributed by atoms with Crippen LogP contribution in [-0.4, -0.2) is 44.0 Å². The van der Waals surface area contributed by atoms with Crippen LogP contribution in [0.15, 0.2) is 23.4 Å². The average Bonchev–Trinajstić information content (AvgIpc) is 2.47. The van der Waals surface area contributed by atoms with Crippen molar-refractivity contribution in [1.82, 2.24) is 9.29 Å². The van der Waals surface area contributed by atoms with E-state index in [2.05, 4.69) is 10.4 Å². The van der Waals surface area contributed by atoms with Crippen LogP contribution in [0.2, 0.25) is 0 Å². The molecule has 19 heavy (non-hydrogen) atoms. The molecule has 0 aromatic carbocycles. The molecule has 1 aromatic rings. The van der Waals surface area contributed by atoms with E-state index in [9.17, 15) is 8.42 Å². The number of hydrazine groups is 1. The molecule has 0 saturated carbocycles. The lowest BCUT2D eigenvalue weighted by molar-refractivity contribution is 0.0632. The third kappa shape index (κ3) is 2.86. The molecule has 2 rings (SSSR count). The Bertz CT molecular complexity index is 528. The van der Waals surface area contributed by atoms with Crippen LogP contribution in [0.5, 0.6) is 0 Å². The Morgan fingerprint density at radius 1 is 1.47 bits per heavy atom. The van der Waals surface area contributed by atoms with Crippen LogP contribution in [0.4, 0.5) is 5.69 Å². The van der Waals surface area contributed by atoms with Gasteiger partial charge in [-0.2, -0.15) is 4.31 Å². The van der Waals surface area contributed by atoms with Gasteiger partial charge in [0.05, 0.1) is 5.69 Å². The number of aromatic nitrogens is 1. The molecule has 1 saturated heterocycles. The number of nitrogens with zero attached hydrogens (tertiary/aromatic N) is 2. The number of nitrogen functional groups attached to an aromatic ring is 1. The van der Waals surface area contributed by atoms with E-state index in [0.29, 0.717) is 31.7 Å². The number of ether oxygens (including phenoxy) is 1. The summed E-state index contributed by atoms with van der Waals surface area (Å²) in [5, 5.41) is 0. The first-order valence-electron chi connectivity index (χ1n) is 6.04. The molecule has 0 bridgehead atoms. The van der Waals surface area contributed by atoms with Gasteiger partial charge in [-0.3, -0.25) is 10.8 Å². The Morgan fingerprint density at radius 3 is 2.79 bits per heavy atom. The van der Waals surface area contributed by atoms with E-state index < -0.39 is 10.0 Å². The largest absolute Gasteiger partial charge is 0.381 e. The maximum absolute atomic E-state index is 12.6. The number of sulfonamides is 1. The minimum atomic E-state index is -3.61. The molecule has 3 N–H and O–H groups in total. The Morgan fingerprint density at radius 2 is 2.16 bits per heavy atom. The predicted molar refractivity (Wildman–Crippen MR) is 70.8 cm³/mol. The summed E-state index contributed by atoms with van der Waals surface area (Å²) in [6.07, 6.45) is 4.19. The number of nitrogens with two attached hydrogens (primary N) is 1. The van der Waals surface area contributed by atoms with Crippen LogP contribution >= 0.6 is 0 Å². The lowest BCUT2D eigenvalue weighted by atomic mass is 10.1. The highest BCUT2D eigenvalue weighted by Crippen LogP contribution is 2.25. The smallest absolute Gasteiger partial charge is 0.246 e. The molecule has 7 nitrogen and oxygen atoms in total. The van der Waals surface area contributed by atoms with Gasteiger partial charge in [0.2, 0.25) is 10.0 Å². The van der Waals surface area contributed by atoms with Gasteiger partial charge in [-0.15, -0.1) is 0 Å². The highest BCUT2D eigenvalue weighted by atomic mass is 32.2. The summed E-state index contributed by atoms with van der Waals surface area (Å²) in [4.78, 5) is 3.95. The first kappa shape index (κ1) is 14.2. The lowest BCUT2D eigenvalue weighted by Crippen LogP contribution is -2.40. The zero-order valence-electron chi connectivity index (χ0n) is 10.7.